The molecule has 0 aliphatic heterocycles. The number of hydrogen-bond donors (Lipinski definition) is 3. The zero-order valence-corrected chi connectivity index (χ0v) is 15.0. The van der Waals surface area contributed by atoms with Crippen molar-refractivity contribution in [2.75, 3.05) is 13.2 Å². The van der Waals surface area contributed by atoms with Crippen LogP contribution in [0.25, 0.3) is 0 Å². The molecule has 0 spiro atoms. The normalized spacial score (nSPS) is 28.6. The number of aliphatic hydroxyl groups excluding tert-OH is 1. The lowest BCUT2D eigenvalue weighted by Gasteiger charge is -2.43. The summed E-state index contributed by atoms with van der Waals surface area (Å²) < 4.78 is 0. The molecule has 1 aromatic rings. The number of hydrogen-bond acceptors (Lipinski definition) is 3. The van der Waals surface area contributed by atoms with Crippen molar-refractivity contribution in [3.05, 3.63) is 35.9 Å². The van der Waals surface area contributed by atoms with Gasteiger partial charge in [-0.1, -0.05) is 57.5 Å². The summed E-state index contributed by atoms with van der Waals surface area (Å²) in [4.78, 5) is 12.8. The molecule has 0 bridgehead atoms. The van der Waals surface area contributed by atoms with Crippen LogP contribution in [-0.4, -0.2) is 34.9 Å². The third kappa shape index (κ3) is 4.17. The number of nitrogens with one attached hydrogen (secondary N) is 1. The van der Waals surface area contributed by atoms with Gasteiger partial charge in [-0.05, 0) is 36.2 Å². The summed E-state index contributed by atoms with van der Waals surface area (Å²) in [6, 6.07) is 9.66. The molecular weight excluding hydrogens is 302 g/mol. The van der Waals surface area contributed by atoms with Crippen molar-refractivity contribution in [2.24, 2.45) is 17.8 Å². The first kappa shape index (κ1) is 18.9. The van der Waals surface area contributed by atoms with E-state index in [1.165, 1.54) is 0 Å². The molecule has 1 saturated carbocycles. The van der Waals surface area contributed by atoms with E-state index in [1.807, 2.05) is 30.3 Å². The van der Waals surface area contributed by atoms with E-state index in [-0.39, 0.29) is 30.3 Å². The Balaban J connectivity index is 2.06. The van der Waals surface area contributed by atoms with Gasteiger partial charge in [-0.15, -0.1) is 0 Å². The zero-order chi connectivity index (χ0) is 17.7. The van der Waals surface area contributed by atoms with Gasteiger partial charge in [0.1, 0.15) is 5.60 Å². The van der Waals surface area contributed by atoms with Gasteiger partial charge >= 0.3 is 0 Å². The zero-order valence-electron chi connectivity index (χ0n) is 15.0. The fourth-order valence-electron chi connectivity index (χ4n) is 4.02. The highest BCUT2D eigenvalue weighted by molar-refractivity contribution is 5.85. The van der Waals surface area contributed by atoms with E-state index in [9.17, 15) is 15.0 Å². The number of carbonyl (C=O) groups is 1. The molecule has 1 aliphatic carbocycles. The molecule has 0 saturated heterocycles. The lowest BCUT2D eigenvalue weighted by molar-refractivity contribution is -0.155. The van der Waals surface area contributed by atoms with Crippen molar-refractivity contribution in [1.82, 2.24) is 5.32 Å². The fraction of sp³-hybridized carbons (Fsp3) is 0.650. The van der Waals surface area contributed by atoms with E-state index in [2.05, 4.69) is 26.1 Å². The molecule has 4 nitrogen and oxygen atoms in total. The Morgan fingerprint density at radius 3 is 2.54 bits per heavy atom. The Bertz CT molecular complexity index is 531. The van der Waals surface area contributed by atoms with Gasteiger partial charge in [0.05, 0.1) is 6.61 Å². The highest BCUT2D eigenvalue weighted by atomic mass is 16.3. The molecule has 0 heterocycles. The minimum Gasteiger partial charge on any atom is -0.396 e. The molecule has 4 atom stereocenters. The summed E-state index contributed by atoms with van der Waals surface area (Å²) in [6.07, 6.45) is 2.45. The minimum atomic E-state index is -1.30. The number of rotatable bonds is 6. The van der Waals surface area contributed by atoms with Gasteiger partial charge in [-0.2, -0.15) is 0 Å². The molecule has 24 heavy (non-hydrogen) atoms. The van der Waals surface area contributed by atoms with Crippen molar-refractivity contribution in [3.8, 4) is 0 Å². The lowest BCUT2D eigenvalue weighted by Crippen LogP contribution is -2.56. The maximum Gasteiger partial charge on any atom is 0.252 e. The molecule has 0 unspecified atom stereocenters. The van der Waals surface area contributed by atoms with E-state index < -0.39 is 5.60 Å². The standard InChI is InChI=1S/C20H31NO3/c1-14(2)18-10-9-15(3)11-20(18,24)19(23)21-12-17(13-22)16-7-5-4-6-8-16/h4-8,14-15,17-18,22,24H,9-13H2,1-3H3,(H,21,23)/t15-,17-,18+,20+/m1/s1. The van der Waals surface area contributed by atoms with Crippen LogP contribution in [0.2, 0.25) is 0 Å². The highest BCUT2D eigenvalue weighted by Crippen LogP contribution is 2.41. The second-order valence-corrected chi connectivity index (χ2v) is 7.66. The average Bonchev–Trinajstić information content (AvgIpc) is 2.55. The van der Waals surface area contributed by atoms with Gasteiger partial charge in [-0.25, -0.2) is 0 Å². The quantitative estimate of drug-likeness (QED) is 0.750. The van der Waals surface area contributed by atoms with Crippen LogP contribution in [0, 0.1) is 17.8 Å². The largest absolute Gasteiger partial charge is 0.396 e. The molecule has 3 N–H and O–H groups in total. The van der Waals surface area contributed by atoms with Crippen LogP contribution in [0.1, 0.15) is 51.5 Å². The SMILES string of the molecule is CC(C)[C@@H]1CC[C@@H](C)C[C@@]1(O)C(=O)NC[C@H](CO)c1ccccc1. The van der Waals surface area contributed by atoms with Crippen molar-refractivity contribution in [3.63, 3.8) is 0 Å². The average molecular weight is 333 g/mol. The van der Waals surface area contributed by atoms with Crippen LogP contribution in [0.3, 0.4) is 0 Å². The Morgan fingerprint density at radius 1 is 1.29 bits per heavy atom. The van der Waals surface area contributed by atoms with Crippen molar-refractivity contribution in [1.29, 1.82) is 0 Å². The van der Waals surface area contributed by atoms with Crippen molar-refractivity contribution >= 4 is 5.91 Å². The topological polar surface area (TPSA) is 69.6 Å². The number of carbonyl (C=O) groups excluding carboxylic acids is 1. The Kier molecular flexibility index (Phi) is 6.41. The van der Waals surface area contributed by atoms with Gasteiger partial charge in [0.25, 0.3) is 5.91 Å². The van der Waals surface area contributed by atoms with Crippen LogP contribution in [-0.2, 0) is 4.79 Å². The van der Waals surface area contributed by atoms with Crippen LogP contribution in [0.15, 0.2) is 30.3 Å². The third-order valence-corrected chi connectivity index (χ3v) is 5.44. The van der Waals surface area contributed by atoms with E-state index in [1.54, 1.807) is 0 Å². The molecular formula is C20H31NO3. The number of aliphatic hydroxyl groups is 2. The summed E-state index contributed by atoms with van der Waals surface area (Å²) in [5, 5.41) is 23.7. The van der Waals surface area contributed by atoms with Crippen molar-refractivity contribution in [2.45, 2.75) is 51.6 Å². The molecule has 1 aliphatic rings. The van der Waals surface area contributed by atoms with E-state index in [0.29, 0.717) is 18.9 Å². The number of amides is 1. The summed E-state index contributed by atoms with van der Waals surface area (Å²) in [5.41, 5.74) is -0.313. The Labute approximate surface area is 145 Å². The molecule has 2 rings (SSSR count). The van der Waals surface area contributed by atoms with Gasteiger partial charge in [-0.3, -0.25) is 4.79 Å². The van der Waals surface area contributed by atoms with Crippen LogP contribution < -0.4 is 5.32 Å². The van der Waals surface area contributed by atoms with Gasteiger partial charge in [0, 0.05) is 12.5 Å². The summed E-state index contributed by atoms with van der Waals surface area (Å²) in [7, 11) is 0. The first-order valence-electron chi connectivity index (χ1n) is 9.05. The maximum atomic E-state index is 12.8. The Hall–Kier alpha value is -1.39. The van der Waals surface area contributed by atoms with Gasteiger partial charge < -0.3 is 15.5 Å². The highest BCUT2D eigenvalue weighted by Gasteiger charge is 2.48. The van der Waals surface area contributed by atoms with Gasteiger partial charge in [0.15, 0.2) is 0 Å². The van der Waals surface area contributed by atoms with Crippen LogP contribution in [0.5, 0.6) is 0 Å². The first-order chi connectivity index (χ1) is 11.4. The van der Waals surface area contributed by atoms with E-state index in [4.69, 9.17) is 0 Å². The molecule has 1 aromatic carbocycles. The second-order valence-electron chi connectivity index (χ2n) is 7.66. The van der Waals surface area contributed by atoms with E-state index >= 15 is 0 Å². The summed E-state index contributed by atoms with van der Waals surface area (Å²) in [5.74, 6) is 0.145. The molecule has 4 heteroatoms. The first-order valence-corrected chi connectivity index (χ1v) is 9.05. The number of benzene rings is 1. The second kappa shape index (κ2) is 8.13. The van der Waals surface area contributed by atoms with Gasteiger partial charge in [0.2, 0.25) is 0 Å². The molecule has 0 aromatic heterocycles. The predicted octanol–water partition coefficient (Wildman–Crippen LogP) is 2.70. The fourth-order valence-corrected chi connectivity index (χ4v) is 4.02. The lowest BCUT2D eigenvalue weighted by atomic mass is 9.66. The van der Waals surface area contributed by atoms with Crippen LogP contribution >= 0.6 is 0 Å². The smallest absolute Gasteiger partial charge is 0.252 e. The molecule has 0 radical (unpaired) electrons. The monoisotopic (exact) mass is 333 g/mol. The molecule has 1 fully saturated rings. The third-order valence-electron chi connectivity index (χ3n) is 5.44. The van der Waals surface area contributed by atoms with Crippen molar-refractivity contribution < 1.29 is 15.0 Å². The molecule has 1 amide bonds. The maximum absolute atomic E-state index is 12.8. The summed E-state index contributed by atoms with van der Waals surface area (Å²) in [6.45, 7) is 6.53. The molecule has 134 valence electrons. The summed E-state index contributed by atoms with van der Waals surface area (Å²) >= 11 is 0. The predicted molar refractivity (Wildman–Crippen MR) is 95.6 cm³/mol. The minimum absolute atomic E-state index is 0.0157. The Morgan fingerprint density at radius 2 is 1.96 bits per heavy atom. The van der Waals surface area contributed by atoms with Crippen LogP contribution in [0.4, 0.5) is 0 Å². The van der Waals surface area contributed by atoms with E-state index in [0.717, 1.165) is 18.4 Å².